The highest BCUT2D eigenvalue weighted by atomic mass is 16.5. The molecule has 0 spiro atoms. The Morgan fingerprint density at radius 1 is 1.24 bits per heavy atom. The lowest BCUT2D eigenvalue weighted by atomic mass is 10.2. The molecular formula is C12H17N3O2. The second kappa shape index (κ2) is 4.73. The molecule has 1 aliphatic rings. The molecule has 1 saturated carbocycles. The van der Waals surface area contributed by atoms with Gasteiger partial charge in [0.1, 0.15) is 11.9 Å². The maximum atomic E-state index is 11.2. The van der Waals surface area contributed by atoms with Crippen LogP contribution in [0, 0.1) is 0 Å². The van der Waals surface area contributed by atoms with E-state index >= 15 is 0 Å². The lowest BCUT2D eigenvalue weighted by molar-refractivity contribution is 0.0992. The molecule has 1 aliphatic carbocycles. The third-order valence-electron chi connectivity index (χ3n) is 3.02. The topological polar surface area (TPSA) is 104 Å². The lowest BCUT2D eigenvalue weighted by Crippen LogP contribution is -2.34. The fourth-order valence-corrected chi connectivity index (χ4v) is 2.14. The minimum Gasteiger partial charge on any atom is -0.488 e. The molecule has 0 aromatic heterocycles. The molecule has 2 rings (SSSR count). The minimum atomic E-state index is -0.503. The Balaban J connectivity index is 2.16. The van der Waals surface area contributed by atoms with Gasteiger partial charge in [0.2, 0.25) is 0 Å². The van der Waals surface area contributed by atoms with Crippen molar-refractivity contribution in [2.45, 2.75) is 31.0 Å². The molecule has 5 nitrogen and oxygen atoms in total. The van der Waals surface area contributed by atoms with E-state index in [2.05, 4.69) is 0 Å². The molecule has 5 heteroatoms. The Kier molecular flexibility index (Phi) is 3.31. The zero-order valence-corrected chi connectivity index (χ0v) is 9.50. The Morgan fingerprint density at radius 3 is 2.53 bits per heavy atom. The fourth-order valence-electron chi connectivity index (χ4n) is 2.14. The molecule has 1 fully saturated rings. The van der Waals surface area contributed by atoms with E-state index in [-0.39, 0.29) is 18.2 Å². The summed E-state index contributed by atoms with van der Waals surface area (Å²) in [5.74, 6) is -0.0222. The molecule has 0 bridgehead atoms. The van der Waals surface area contributed by atoms with Crippen LogP contribution in [0.3, 0.4) is 0 Å². The summed E-state index contributed by atoms with van der Waals surface area (Å²) in [5, 5.41) is 0. The highest BCUT2D eigenvalue weighted by Gasteiger charge is 2.31. The van der Waals surface area contributed by atoms with Crippen LogP contribution in [0.1, 0.15) is 23.2 Å². The van der Waals surface area contributed by atoms with Crippen molar-refractivity contribution in [3.8, 4) is 5.75 Å². The van der Waals surface area contributed by atoms with Crippen molar-refractivity contribution in [2.75, 3.05) is 0 Å². The van der Waals surface area contributed by atoms with Gasteiger partial charge in [-0.2, -0.15) is 0 Å². The van der Waals surface area contributed by atoms with Crippen LogP contribution < -0.4 is 21.9 Å². The first-order valence-electron chi connectivity index (χ1n) is 5.64. The number of primary amides is 1. The molecule has 0 unspecified atom stereocenters. The Bertz CT molecular complexity index is 422. The number of carbonyl (C=O) groups is 1. The van der Waals surface area contributed by atoms with E-state index in [4.69, 9.17) is 21.9 Å². The Labute approximate surface area is 99.9 Å². The monoisotopic (exact) mass is 235 g/mol. The zero-order chi connectivity index (χ0) is 12.4. The number of nitrogens with two attached hydrogens (primary N) is 3. The highest BCUT2D eigenvalue weighted by Crippen LogP contribution is 2.25. The summed E-state index contributed by atoms with van der Waals surface area (Å²) >= 11 is 0. The number of para-hydroxylation sites is 1. The molecule has 6 N–H and O–H groups in total. The number of rotatable bonds is 3. The van der Waals surface area contributed by atoms with Crippen LogP contribution in [0.15, 0.2) is 24.3 Å². The largest absolute Gasteiger partial charge is 0.488 e. The van der Waals surface area contributed by atoms with Crippen molar-refractivity contribution in [2.24, 2.45) is 17.2 Å². The van der Waals surface area contributed by atoms with Crippen LogP contribution in [0.2, 0.25) is 0 Å². The first-order chi connectivity index (χ1) is 8.08. The lowest BCUT2D eigenvalue weighted by Gasteiger charge is -2.19. The summed E-state index contributed by atoms with van der Waals surface area (Å²) < 4.78 is 5.74. The molecule has 0 heterocycles. The standard InChI is InChI=1S/C12H17N3O2/c13-7-5-9(14)11(6-7)17-10-4-2-1-3-8(10)12(15)16/h1-4,7,9,11H,5-6,13-14H2,(H2,15,16)/t7-,9+,11+/m1/s1. The van der Waals surface area contributed by atoms with Crippen molar-refractivity contribution in [3.05, 3.63) is 29.8 Å². The smallest absolute Gasteiger partial charge is 0.252 e. The van der Waals surface area contributed by atoms with Gasteiger partial charge in [-0.05, 0) is 18.6 Å². The molecule has 0 saturated heterocycles. The van der Waals surface area contributed by atoms with Crippen molar-refractivity contribution in [1.82, 2.24) is 0 Å². The SMILES string of the molecule is NC(=O)c1ccccc1O[C@H]1C[C@H](N)C[C@@H]1N. The second-order valence-corrected chi connectivity index (χ2v) is 4.41. The maximum absolute atomic E-state index is 11.2. The van der Waals surface area contributed by atoms with E-state index < -0.39 is 5.91 Å². The maximum Gasteiger partial charge on any atom is 0.252 e. The fraction of sp³-hybridized carbons (Fsp3) is 0.417. The van der Waals surface area contributed by atoms with Crippen LogP contribution in [-0.2, 0) is 0 Å². The molecular weight excluding hydrogens is 218 g/mol. The second-order valence-electron chi connectivity index (χ2n) is 4.41. The predicted octanol–water partition coefficient (Wildman–Crippen LogP) is -0.0187. The first kappa shape index (κ1) is 11.9. The van der Waals surface area contributed by atoms with Crippen molar-refractivity contribution in [3.63, 3.8) is 0 Å². The molecule has 17 heavy (non-hydrogen) atoms. The Hall–Kier alpha value is -1.59. The van der Waals surface area contributed by atoms with Gasteiger partial charge in [0.25, 0.3) is 5.91 Å². The van der Waals surface area contributed by atoms with Crippen LogP contribution >= 0.6 is 0 Å². The molecule has 0 radical (unpaired) electrons. The van der Waals surface area contributed by atoms with Crippen molar-refractivity contribution in [1.29, 1.82) is 0 Å². The average molecular weight is 235 g/mol. The number of ether oxygens (including phenoxy) is 1. The number of hydrogen-bond acceptors (Lipinski definition) is 4. The summed E-state index contributed by atoms with van der Waals surface area (Å²) in [7, 11) is 0. The summed E-state index contributed by atoms with van der Waals surface area (Å²) in [6.07, 6.45) is 1.29. The third kappa shape index (κ3) is 2.57. The van der Waals surface area contributed by atoms with Gasteiger partial charge >= 0.3 is 0 Å². The van der Waals surface area contributed by atoms with E-state index in [9.17, 15) is 4.79 Å². The van der Waals surface area contributed by atoms with Crippen LogP contribution in [0.5, 0.6) is 5.75 Å². The molecule has 0 aliphatic heterocycles. The van der Waals surface area contributed by atoms with Gasteiger partial charge in [0, 0.05) is 18.5 Å². The van der Waals surface area contributed by atoms with Crippen LogP contribution in [-0.4, -0.2) is 24.1 Å². The molecule has 1 aromatic carbocycles. The van der Waals surface area contributed by atoms with Gasteiger partial charge in [0.15, 0.2) is 0 Å². The van der Waals surface area contributed by atoms with Crippen molar-refractivity contribution >= 4 is 5.91 Å². The van der Waals surface area contributed by atoms with Gasteiger partial charge in [0.05, 0.1) is 5.56 Å². The summed E-state index contributed by atoms with van der Waals surface area (Å²) in [6.45, 7) is 0. The minimum absolute atomic E-state index is 0.0655. The summed E-state index contributed by atoms with van der Waals surface area (Å²) in [5.41, 5.74) is 17.4. The average Bonchev–Trinajstić information content (AvgIpc) is 2.58. The molecule has 3 atom stereocenters. The first-order valence-corrected chi connectivity index (χ1v) is 5.64. The van der Waals surface area contributed by atoms with E-state index in [0.29, 0.717) is 17.7 Å². The normalized spacial score (nSPS) is 28.0. The van der Waals surface area contributed by atoms with Crippen molar-refractivity contribution < 1.29 is 9.53 Å². The van der Waals surface area contributed by atoms with Gasteiger partial charge < -0.3 is 21.9 Å². The predicted molar refractivity (Wildman–Crippen MR) is 64.6 cm³/mol. The van der Waals surface area contributed by atoms with Gasteiger partial charge in [-0.3, -0.25) is 4.79 Å². The quantitative estimate of drug-likeness (QED) is 0.684. The summed E-state index contributed by atoms with van der Waals surface area (Å²) in [4.78, 5) is 11.2. The number of amides is 1. The van der Waals surface area contributed by atoms with Crippen LogP contribution in [0.4, 0.5) is 0 Å². The molecule has 1 amide bonds. The van der Waals surface area contributed by atoms with Gasteiger partial charge in [-0.1, -0.05) is 12.1 Å². The number of hydrogen-bond donors (Lipinski definition) is 3. The van der Waals surface area contributed by atoms with E-state index in [1.165, 1.54) is 0 Å². The molecule has 1 aromatic rings. The number of carbonyl (C=O) groups excluding carboxylic acids is 1. The number of benzene rings is 1. The van der Waals surface area contributed by atoms with Gasteiger partial charge in [-0.15, -0.1) is 0 Å². The van der Waals surface area contributed by atoms with Crippen LogP contribution in [0.25, 0.3) is 0 Å². The third-order valence-corrected chi connectivity index (χ3v) is 3.02. The summed E-state index contributed by atoms with van der Waals surface area (Å²) in [6, 6.07) is 6.87. The molecule has 92 valence electrons. The van der Waals surface area contributed by atoms with E-state index in [1.807, 2.05) is 0 Å². The highest BCUT2D eigenvalue weighted by molar-refractivity contribution is 5.95. The Morgan fingerprint density at radius 2 is 1.94 bits per heavy atom. The van der Waals surface area contributed by atoms with E-state index in [1.54, 1.807) is 24.3 Å². The zero-order valence-electron chi connectivity index (χ0n) is 9.50. The van der Waals surface area contributed by atoms with E-state index in [0.717, 1.165) is 6.42 Å². The van der Waals surface area contributed by atoms with Gasteiger partial charge in [-0.25, -0.2) is 0 Å².